The molecule has 2 atom stereocenters. The van der Waals surface area contributed by atoms with Crippen molar-refractivity contribution in [2.45, 2.75) is 38.6 Å². The van der Waals surface area contributed by atoms with Crippen molar-refractivity contribution in [3.8, 4) is 0 Å². The predicted molar refractivity (Wildman–Crippen MR) is 49.1 cm³/mol. The molecule has 3 heteroatoms. The van der Waals surface area contributed by atoms with Gasteiger partial charge in [0.15, 0.2) is 0 Å². The fraction of sp³-hybridized carbons (Fsp3) is 0.900. The maximum atomic E-state index is 11.7. The van der Waals surface area contributed by atoms with Gasteiger partial charge in [0.1, 0.15) is 0 Å². The second-order valence-corrected chi connectivity index (χ2v) is 4.67. The van der Waals surface area contributed by atoms with E-state index < -0.39 is 0 Å². The van der Waals surface area contributed by atoms with Gasteiger partial charge in [-0.1, -0.05) is 13.3 Å². The van der Waals surface area contributed by atoms with Crippen LogP contribution in [0, 0.1) is 11.3 Å². The van der Waals surface area contributed by atoms with E-state index >= 15 is 0 Å². The quantitative estimate of drug-likeness (QED) is 0.675. The SMILES string of the molecule is CC1(C(=O)N[C@@H]2C[C@H]2CO)CCC1. The van der Waals surface area contributed by atoms with Gasteiger partial charge in [-0.25, -0.2) is 0 Å². The van der Waals surface area contributed by atoms with Gasteiger partial charge < -0.3 is 10.4 Å². The van der Waals surface area contributed by atoms with Crippen molar-refractivity contribution in [2.75, 3.05) is 6.61 Å². The molecule has 1 amide bonds. The molecule has 0 bridgehead atoms. The maximum Gasteiger partial charge on any atom is 0.226 e. The van der Waals surface area contributed by atoms with Gasteiger partial charge in [-0.3, -0.25) is 4.79 Å². The molecular weight excluding hydrogens is 166 g/mol. The lowest BCUT2D eigenvalue weighted by atomic mass is 9.70. The van der Waals surface area contributed by atoms with Crippen molar-refractivity contribution in [1.82, 2.24) is 5.32 Å². The number of hydrogen-bond acceptors (Lipinski definition) is 2. The third-order valence-electron chi connectivity index (χ3n) is 3.48. The molecule has 0 heterocycles. The summed E-state index contributed by atoms with van der Waals surface area (Å²) in [6.07, 6.45) is 4.18. The Kier molecular flexibility index (Phi) is 2.06. The van der Waals surface area contributed by atoms with E-state index in [9.17, 15) is 4.79 Å². The van der Waals surface area contributed by atoms with E-state index in [0.29, 0.717) is 5.92 Å². The Balaban J connectivity index is 1.79. The molecule has 2 aliphatic carbocycles. The van der Waals surface area contributed by atoms with E-state index in [1.807, 2.05) is 6.92 Å². The molecule has 0 unspecified atom stereocenters. The Morgan fingerprint density at radius 1 is 1.62 bits per heavy atom. The van der Waals surface area contributed by atoms with Crippen molar-refractivity contribution in [3.05, 3.63) is 0 Å². The summed E-state index contributed by atoms with van der Waals surface area (Å²) in [4.78, 5) is 11.7. The van der Waals surface area contributed by atoms with Crippen LogP contribution in [0.15, 0.2) is 0 Å². The third kappa shape index (κ3) is 1.57. The first-order chi connectivity index (χ1) is 6.15. The Morgan fingerprint density at radius 3 is 2.69 bits per heavy atom. The summed E-state index contributed by atoms with van der Waals surface area (Å²) in [5, 5.41) is 11.8. The van der Waals surface area contributed by atoms with Crippen LogP contribution in [-0.4, -0.2) is 23.7 Å². The van der Waals surface area contributed by atoms with Crippen LogP contribution in [0.4, 0.5) is 0 Å². The number of rotatable bonds is 3. The Morgan fingerprint density at radius 2 is 2.31 bits per heavy atom. The van der Waals surface area contributed by atoms with Crippen molar-refractivity contribution in [3.63, 3.8) is 0 Å². The molecule has 0 radical (unpaired) electrons. The molecule has 0 aliphatic heterocycles. The zero-order valence-corrected chi connectivity index (χ0v) is 8.05. The first-order valence-electron chi connectivity index (χ1n) is 5.07. The van der Waals surface area contributed by atoms with Crippen LogP contribution in [0.2, 0.25) is 0 Å². The minimum Gasteiger partial charge on any atom is -0.396 e. The van der Waals surface area contributed by atoms with Gasteiger partial charge in [-0.05, 0) is 19.3 Å². The van der Waals surface area contributed by atoms with Crippen LogP contribution in [0.25, 0.3) is 0 Å². The van der Waals surface area contributed by atoms with Gasteiger partial charge in [-0.2, -0.15) is 0 Å². The highest BCUT2D eigenvalue weighted by Crippen LogP contribution is 2.41. The molecule has 13 heavy (non-hydrogen) atoms. The summed E-state index contributed by atoms with van der Waals surface area (Å²) >= 11 is 0. The molecule has 0 aromatic heterocycles. The van der Waals surface area contributed by atoms with Crippen LogP contribution >= 0.6 is 0 Å². The molecule has 74 valence electrons. The van der Waals surface area contributed by atoms with Gasteiger partial charge in [0, 0.05) is 24.0 Å². The second kappa shape index (κ2) is 2.98. The molecule has 0 saturated heterocycles. The summed E-state index contributed by atoms with van der Waals surface area (Å²) in [5.74, 6) is 0.521. The molecule has 2 rings (SSSR count). The standard InChI is InChI=1S/C10H17NO2/c1-10(3-2-4-10)9(13)11-8-5-7(8)6-12/h7-8,12H,2-6H2,1H3,(H,11,13)/t7-,8+/m0/s1. The lowest BCUT2D eigenvalue weighted by Crippen LogP contribution is -2.44. The summed E-state index contributed by atoms with van der Waals surface area (Å²) in [6.45, 7) is 2.24. The molecule has 2 fully saturated rings. The highest BCUT2D eigenvalue weighted by molar-refractivity contribution is 5.83. The lowest BCUT2D eigenvalue weighted by Gasteiger charge is -2.36. The zero-order chi connectivity index (χ0) is 9.47. The van der Waals surface area contributed by atoms with Crippen molar-refractivity contribution in [1.29, 1.82) is 0 Å². The van der Waals surface area contributed by atoms with Crippen LogP contribution in [0.5, 0.6) is 0 Å². The maximum absolute atomic E-state index is 11.7. The van der Waals surface area contributed by atoms with Crippen LogP contribution in [0.1, 0.15) is 32.6 Å². The number of carbonyl (C=O) groups excluding carboxylic acids is 1. The fourth-order valence-electron chi connectivity index (χ4n) is 1.90. The van der Waals surface area contributed by atoms with Crippen molar-refractivity contribution >= 4 is 5.91 Å². The zero-order valence-electron chi connectivity index (χ0n) is 8.05. The molecule has 0 aromatic carbocycles. The number of carbonyl (C=O) groups is 1. The number of aliphatic hydroxyl groups excluding tert-OH is 1. The topological polar surface area (TPSA) is 49.3 Å². The van der Waals surface area contributed by atoms with Gasteiger partial charge >= 0.3 is 0 Å². The van der Waals surface area contributed by atoms with Gasteiger partial charge in [0.25, 0.3) is 0 Å². The molecule has 3 nitrogen and oxygen atoms in total. The van der Waals surface area contributed by atoms with Crippen molar-refractivity contribution in [2.24, 2.45) is 11.3 Å². The highest BCUT2D eigenvalue weighted by Gasteiger charge is 2.44. The molecular formula is C10H17NO2. The number of amides is 1. The normalized spacial score (nSPS) is 34.9. The van der Waals surface area contributed by atoms with Gasteiger partial charge in [0.05, 0.1) is 0 Å². The first kappa shape index (κ1) is 9.00. The summed E-state index contributed by atoms with van der Waals surface area (Å²) in [7, 11) is 0. The first-order valence-corrected chi connectivity index (χ1v) is 5.07. The van der Waals surface area contributed by atoms with E-state index in [4.69, 9.17) is 5.11 Å². The molecule has 0 aromatic rings. The Labute approximate surface area is 78.5 Å². The minimum absolute atomic E-state index is 0.0946. The van der Waals surface area contributed by atoms with Crippen LogP contribution in [-0.2, 0) is 4.79 Å². The van der Waals surface area contributed by atoms with Crippen LogP contribution < -0.4 is 5.32 Å². The van der Waals surface area contributed by atoms with Gasteiger partial charge in [-0.15, -0.1) is 0 Å². The van der Waals surface area contributed by atoms with Gasteiger partial charge in [0.2, 0.25) is 5.91 Å². The summed E-state index contributed by atoms with van der Waals surface area (Å²) < 4.78 is 0. The predicted octanol–water partition coefficient (Wildman–Crippen LogP) is 0.674. The minimum atomic E-state index is -0.0946. The van der Waals surface area contributed by atoms with Crippen LogP contribution in [0.3, 0.4) is 0 Å². The van der Waals surface area contributed by atoms with E-state index in [-0.39, 0.29) is 24.0 Å². The molecule has 2 aliphatic rings. The molecule has 0 spiro atoms. The smallest absolute Gasteiger partial charge is 0.226 e. The third-order valence-corrected chi connectivity index (χ3v) is 3.48. The van der Waals surface area contributed by atoms with E-state index in [1.165, 1.54) is 6.42 Å². The average molecular weight is 183 g/mol. The highest BCUT2D eigenvalue weighted by atomic mass is 16.3. The lowest BCUT2D eigenvalue weighted by molar-refractivity contribution is -0.134. The van der Waals surface area contributed by atoms with E-state index in [2.05, 4.69) is 5.32 Å². The largest absolute Gasteiger partial charge is 0.396 e. The molecule has 2 N–H and O–H groups in total. The summed E-state index contributed by atoms with van der Waals surface area (Å²) in [5.41, 5.74) is -0.0946. The van der Waals surface area contributed by atoms with Crippen molar-refractivity contribution < 1.29 is 9.90 Å². The second-order valence-electron chi connectivity index (χ2n) is 4.67. The summed E-state index contributed by atoms with van der Waals surface area (Å²) in [6, 6.07) is 0.259. The number of hydrogen-bond donors (Lipinski definition) is 2. The number of nitrogens with one attached hydrogen (secondary N) is 1. The Hall–Kier alpha value is -0.570. The molecule has 2 saturated carbocycles. The number of aliphatic hydroxyl groups is 1. The Bertz CT molecular complexity index is 223. The monoisotopic (exact) mass is 183 g/mol. The van der Waals surface area contributed by atoms with E-state index in [1.54, 1.807) is 0 Å². The fourth-order valence-corrected chi connectivity index (χ4v) is 1.90. The van der Waals surface area contributed by atoms with E-state index in [0.717, 1.165) is 19.3 Å². The average Bonchev–Trinajstić information content (AvgIpc) is 2.79.